The van der Waals surface area contributed by atoms with Crippen LogP contribution in [0.1, 0.15) is 21.0 Å². The Bertz CT molecular complexity index is 1190. The highest BCUT2D eigenvalue weighted by molar-refractivity contribution is 5.89. The maximum absolute atomic E-state index is 13.2. The third kappa shape index (κ3) is 4.25. The molecule has 2 aromatic carbocycles. The largest absolute Gasteiger partial charge is 0.383 e. The number of aldehydes is 2. The van der Waals surface area contributed by atoms with Crippen molar-refractivity contribution in [2.45, 2.75) is 6.54 Å². The summed E-state index contributed by atoms with van der Waals surface area (Å²) in [7, 11) is 1.53. The molecule has 2 heterocycles. The topological polar surface area (TPSA) is 64.1 Å². The minimum atomic E-state index is -0.924. The van der Waals surface area contributed by atoms with Gasteiger partial charge in [0.1, 0.15) is 0 Å². The van der Waals surface area contributed by atoms with Crippen LogP contribution in [-0.2, 0) is 11.3 Å². The Hall–Kier alpha value is -3.46. The Morgan fingerprint density at radius 2 is 1.50 bits per heavy atom. The van der Waals surface area contributed by atoms with Gasteiger partial charge >= 0.3 is 0 Å². The normalized spacial score (nSPS) is 10.8. The smallest absolute Gasteiger partial charge is 0.166 e. The van der Waals surface area contributed by atoms with Crippen molar-refractivity contribution in [1.29, 1.82) is 0 Å². The van der Waals surface area contributed by atoms with Crippen LogP contribution in [0.2, 0.25) is 0 Å². The lowest BCUT2D eigenvalue weighted by molar-refractivity contribution is 0.110. The lowest BCUT2D eigenvalue weighted by Gasteiger charge is -2.06. The summed E-state index contributed by atoms with van der Waals surface area (Å²) in [5.41, 5.74) is 1.59. The van der Waals surface area contributed by atoms with Crippen molar-refractivity contribution < 1.29 is 31.9 Å². The number of benzene rings is 2. The first-order valence-electron chi connectivity index (χ1n) is 8.73. The summed E-state index contributed by atoms with van der Waals surface area (Å²) in [4.78, 5) is 23.8. The molecule has 0 unspecified atom stereocenters. The van der Waals surface area contributed by atoms with Crippen LogP contribution in [0.3, 0.4) is 0 Å². The molecule has 0 aliphatic carbocycles. The van der Waals surface area contributed by atoms with Crippen LogP contribution < -0.4 is 0 Å². The van der Waals surface area contributed by atoms with E-state index in [9.17, 15) is 27.2 Å². The van der Waals surface area contributed by atoms with Crippen molar-refractivity contribution in [3.63, 3.8) is 0 Å². The van der Waals surface area contributed by atoms with E-state index in [1.807, 2.05) is 0 Å². The number of hydrogen-bond donors (Lipinski definition) is 1. The van der Waals surface area contributed by atoms with Crippen molar-refractivity contribution in [2.24, 2.45) is 0 Å². The standard InChI is InChI=1S/C12H11F2NO2.C9H5F2NO/c1-17-3-2-15-9(7-16)4-8-5-10(13)11(14)6-12(8)15;10-7-2-5-1-6(4-13)12-9(5)3-8(7)11/h4-7H,2-3H2,1H3;1-4,12H. The summed E-state index contributed by atoms with van der Waals surface area (Å²) >= 11 is 0. The van der Waals surface area contributed by atoms with E-state index in [1.165, 1.54) is 19.2 Å². The zero-order chi connectivity index (χ0) is 21.8. The minimum Gasteiger partial charge on any atom is -0.383 e. The average Bonchev–Trinajstić information content (AvgIpc) is 3.27. The van der Waals surface area contributed by atoms with Crippen molar-refractivity contribution in [1.82, 2.24) is 9.55 Å². The number of nitrogens with one attached hydrogen (secondary N) is 1. The van der Waals surface area contributed by atoms with Gasteiger partial charge in [-0.2, -0.15) is 0 Å². The molecule has 156 valence electrons. The number of ether oxygens (including phenoxy) is 1. The molecule has 2 aromatic heterocycles. The van der Waals surface area contributed by atoms with E-state index in [1.54, 1.807) is 4.57 Å². The number of halogens is 4. The number of rotatable bonds is 5. The van der Waals surface area contributed by atoms with Gasteiger partial charge in [0.05, 0.1) is 23.5 Å². The van der Waals surface area contributed by atoms with E-state index >= 15 is 0 Å². The maximum Gasteiger partial charge on any atom is 0.166 e. The Morgan fingerprint density at radius 1 is 0.867 bits per heavy atom. The molecule has 0 radical (unpaired) electrons. The zero-order valence-electron chi connectivity index (χ0n) is 15.7. The molecular weight excluding hydrogens is 404 g/mol. The van der Waals surface area contributed by atoms with E-state index in [0.29, 0.717) is 58.9 Å². The summed E-state index contributed by atoms with van der Waals surface area (Å²) in [6, 6.07) is 7.24. The highest BCUT2D eigenvalue weighted by atomic mass is 19.2. The first-order valence-corrected chi connectivity index (χ1v) is 8.73. The highest BCUT2D eigenvalue weighted by Gasteiger charge is 2.12. The summed E-state index contributed by atoms with van der Waals surface area (Å²) in [5.74, 6) is -3.68. The van der Waals surface area contributed by atoms with E-state index in [-0.39, 0.29) is 0 Å². The van der Waals surface area contributed by atoms with Crippen molar-refractivity contribution in [3.8, 4) is 0 Å². The summed E-state index contributed by atoms with van der Waals surface area (Å²) in [5, 5.41) is 0.989. The molecule has 30 heavy (non-hydrogen) atoms. The summed E-state index contributed by atoms with van der Waals surface area (Å²) in [6.07, 6.45) is 1.25. The molecule has 4 aromatic rings. The van der Waals surface area contributed by atoms with Crippen LogP contribution in [0, 0.1) is 23.3 Å². The van der Waals surface area contributed by atoms with Crippen LogP contribution >= 0.6 is 0 Å². The molecule has 0 bridgehead atoms. The number of methoxy groups -OCH3 is 1. The number of aromatic nitrogens is 2. The van der Waals surface area contributed by atoms with Gasteiger partial charge in [0, 0.05) is 42.1 Å². The average molecular weight is 420 g/mol. The molecule has 0 aliphatic heterocycles. The van der Waals surface area contributed by atoms with Gasteiger partial charge in [-0.25, -0.2) is 17.6 Å². The number of nitrogens with zero attached hydrogens (tertiary/aromatic N) is 1. The third-order valence-corrected chi connectivity index (χ3v) is 4.42. The first-order chi connectivity index (χ1) is 14.4. The number of aromatic amines is 1. The predicted molar refractivity (Wildman–Crippen MR) is 103 cm³/mol. The molecule has 9 heteroatoms. The van der Waals surface area contributed by atoms with Crippen LogP contribution in [-0.4, -0.2) is 35.8 Å². The van der Waals surface area contributed by atoms with Crippen molar-refractivity contribution in [2.75, 3.05) is 13.7 Å². The molecule has 1 N–H and O–H groups in total. The molecule has 5 nitrogen and oxygen atoms in total. The van der Waals surface area contributed by atoms with E-state index in [2.05, 4.69) is 4.98 Å². The second kappa shape index (κ2) is 8.91. The van der Waals surface area contributed by atoms with Crippen molar-refractivity contribution >= 4 is 34.4 Å². The quantitative estimate of drug-likeness (QED) is 0.378. The third-order valence-electron chi connectivity index (χ3n) is 4.42. The molecule has 0 fully saturated rings. The molecule has 4 rings (SSSR count). The van der Waals surface area contributed by atoms with Crippen LogP contribution in [0.5, 0.6) is 0 Å². The lowest BCUT2D eigenvalue weighted by atomic mass is 10.2. The lowest BCUT2D eigenvalue weighted by Crippen LogP contribution is -2.07. The molecule has 0 spiro atoms. The number of H-pyrrole nitrogens is 1. The van der Waals surface area contributed by atoms with Gasteiger partial charge in [0.25, 0.3) is 0 Å². The summed E-state index contributed by atoms with van der Waals surface area (Å²) < 4.78 is 58.1. The Balaban J connectivity index is 0.000000177. The molecular formula is C21H16F4N2O3. The van der Waals surface area contributed by atoms with Gasteiger partial charge in [-0.15, -0.1) is 0 Å². The van der Waals surface area contributed by atoms with E-state index in [4.69, 9.17) is 4.74 Å². The number of fused-ring (bicyclic) bond motifs is 2. The fraction of sp³-hybridized carbons (Fsp3) is 0.143. The number of carbonyl (C=O) groups is 2. The maximum atomic E-state index is 13.2. The molecule has 0 atom stereocenters. The second-order valence-electron chi connectivity index (χ2n) is 6.35. The van der Waals surface area contributed by atoms with E-state index in [0.717, 1.165) is 24.3 Å². The van der Waals surface area contributed by atoms with Crippen molar-refractivity contribution in [3.05, 3.63) is 71.1 Å². The zero-order valence-corrected chi connectivity index (χ0v) is 15.7. The molecule has 0 amide bonds. The van der Waals surface area contributed by atoms with Crippen LogP contribution in [0.15, 0.2) is 36.4 Å². The predicted octanol–water partition coefficient (Wildman–Crippen LogP) is 4.64. The molecule has 0 saturated carbocycles. The number of hydrogen-bond acceptors (Lipinski definition) is 3. The summed E-state index contributed by atoms with van der Waals surface area (Å²) in [6.45, 7) is 0.808. The second-order valence-corrected chi connectivity index (χ2v) is 6.35. The van der Waals surface area contributed by atoms with Gasteiger partial charge < -0.3 is 14.3 Å². The monoisotopic (exact) mass is 420 g/mol. The Labute approximate surface area is 167 Å². The van der Waals surface area contributed by atoms with Gasteiger partial charge in [-0.3, -0.25) is 9.59 Å². The fourth-order valence-electron chi connectivity index (χ4n) is 3.02. The first kappa shape index (κ1) is 21.3. The van der Waals surface area contributed by atoms with Gasteiger partial charge in [-0.1, -0.05) is 0 Å². The fourth-order valence-corrected chi connectivity index (χ4v) is 3.02. The Morgan fingerprint density at radius 3 is 2.13 bits per heavy atom. The highest BCUT2D eigenvalue weighted by Crippen LogP contribution is 2.22. The van der Waals surface area contributed by atoms with Gasteiger partial charge in [0.2, 0.25) is 0 Å². The number of carbonyl (C=O) groups excluding carboxylic acids is 2. The van der Waals surface area contributed by atoms with Crippen LogP contribution in [0.4, 0.5) is 17.6 Å². The minimum absolute atomic E-state index is 0.306. The van der Waals surface area contributed by atoms with Crippen LogP contribution in [0.25, 0.3) is 21.8 Å². The molecule has 0 aliphatic rings. The van der Waals surface area contributed by atoms with Gasteiger partial charge in [0.15, 0.2) is 35.8 Å². The van der Waals surface area contributed by atoms with Gasteiger partial charge in [-0.05, 0) is 24.3 Å². The van der Waals surface area contributed by atoms with E-state index < -0.39 is 23.3 Å². The molecule has 0 saturated heterocycles. The SMILES string of the molecule is COCCn1c(C=O)cc2cc(F)c(F)cc21.O=Cc1cc2cc(F)c(F)cc2[nH]1. The Kier molecular flexibility index (Phi) is 6.31.